The van der Waals surface area contributed by atoms with Crippen LogP contribution >= 0.6 is 15.9 Å². The van der Waals surface area contributed by atoms with E-state index in [4.69, 9.17) is 4.74 Å². The van der Waals surface area contributed by atoms with Crippen molar-refractivity contribution in [2.45, 2.75) is 47.5 Å². The summed E-state index contributed by atoms with van der Waals surface area (Å²) < 4.78 is 7.22. The molecule has 3 heteroatoms. The van der Waals surface area contributed by atoms with E-state index in [9.17, 15) is 0 Å². The molecule has 0 aromatic heterocycles. The van der Waals surface area contributed by atoms with Crippen molar-refractivity contribution in [3.63, 3.8) is 0 Å². The van der Waals surface area contributed by atoms with Crippen LogP contribution in [0.15, 0.2) is 22.7 Å². The topological polar surface area (TPSA) is 21.3 Å². The van der Waals surface area contributed by atoms with Gasteiger partial charge in [0.1, 0.15) is 5.75 Å². The average molecular weight is 356 g/mol. The van der Waals surface area contributed by atoms with Gasteiger partial charge in [0.15, 0.2) is 0 Å². The molecule has 0 aliphatic rings. The van der Waals surface area contributed by atoms with Crippen LogP contribution in [0.4, 0.5) is 0 Å². The van der Waals surface area contributed by atoms with Gasteiger partial charge in [0, 0.05) is 16.4 Å². The molecular weight excluding hydrogens is 326 g/mol. The van der Waals surface area contributed by atoms with Crippen LogP contribution in [0.5, 0.6) is 5.75 Å². The van der Waals surface area contributed by atoms with E-state index >= 15 is 0 Å². The fourth-order valence-corrected chi connectivity index (χ4v) is 2.50. The molecular formula is C18H30BrNO. The summed E-state index contributed by atoms with van der Waals surface area (Å²) in [6.07, 6.45) is 0. The summed E-state index contributed by atoms with van der Waals surface area (Å²) in [5, 5.41) is 3.52. The van der Waals surface area contributed by atoms with Crippen molar-refractivity contribution >= 4 is 15.9 Å². The van der Waals surface area contributed by atoms with E-state index in [1.165, 1.54) is 5.56 Å². The second-order valence-corrected chi connectivity index (χ2v) is 8.23. The molecule has 0 saturated heterocycles. The number of nitrogens with one attached hydrogen (secondary N) is 1. The SMILES string of the molecule is CC(C)CNCC(C)(C)COc1ccc(Br)cc1C(C)C. The molecule has 0 heterocycles. The molecule has 0 amide bonds. The molecule has 0 bridgehead atoms. The highest BCUT2D eigenvalue weighted by atomic mass is 79.9. The van der Waals surface area contributed by atoms with Gasteiger partial charge in [-0.1, -0.05) is 57.5 Å². The molecule has 0 unspecified atom stereocenters. The van der Waals surface area contributed by atoms with Crippen LogP contribution in [-0.2, 0) is 0 Å². The molecule has 1 aromatic rings. The second kappa shape index (κ2) is 8.19. The van der Waals surface area contributed by atoms with Crippen LogP contribution in [-0.4, -0.2) is 19.7 Å². The quantitative estimate of drug-likeness (QED) is 0.689. The zero-order valence-corrected chi connectivity index (χ0v) is 15.9. The molecule has 120 valence electrons. The molecule has 1 rings (SSSR count). The molecule has 1 aromatic carbocycles. The van der Waals surface area contributed by atoms with Crippen molar-refractivity contribution in [3.8, 4) is 5.75 Å². The standard InChI is InChI=1S/C18H30BrNO/c1-13(2)10-20-11-18(5,6)12-21-17-8-7-15(19)9-16(17)14(3)4/h7-9,13-14,20H,10-12H2,1-6H3. The first-order chi connectivity index (χ1) is 9.71. The number of halogens is 1. The third-order valence-corrected chi connectivity index (χ3v) is 3.86. The lowest BCUT2D eigenvalue weighted by molar-refractivity contribution is 0.173. The third kappa shape index (κ3) is 6.84. The maximum Gasteiger partial charge on any atom is 0.122 e. The highest BCUT2D eigenvalue weighted by Crippen LogP contribution is 2.30. The molecule has 21 heavy (non-hydrogen) atoms. The van der Waals surface area contributed by atoms with Gasteiger partial charge in [-0.25, -0.2) is 0 Å². The van der Waals surface area contributed by atoms with Crippen molar-refractivity contribution in [1.82, 2.24) is 5.32 Å². The van der Waals surface area contributed by atoms with Crippen molar-refractivity contribution < 1.29 is 4.74 Å². The van der Waals surface area contributed by atoms with E-state index in [1.807, 2.05) is 6.07 Å². The van der Waals surface area contributed by atoms with Crippen molar-refractivity contribution in [2.75, 3.05) is 19.7 Å². The zero-order chi connectivity index (χ0) is 16.0. The van der Waals surface area contributed by atoms with Gasteiger partial charge in [-0.05, 0) is 42.1 Å². The lowest BCUT2D eigenvalue weighted by Crippen LogP contribution is -2.36. The Hall–Kier alpha value is -0.540. The highest BCUT2D eigenvalue weighted by Gasteiger charge is 2.20. The van der Waals surface area contributed by atoms with Crippen LogP contribution in [0.2, 0.25) is 0 Å². The van der Waals surface area contributed by atoms with Crippen molar-refractivity contribution in [2.24, 2.45) is 11.3 Å². The van der Waals surface area contributed by atoms with Gasteiger partial charge >= 0.3 is 0 Å². The minimum atomic E-state index is 0.121. The van der Waals surface area contributed by atoms with E-state index in [0.717, 1.165) is 29.9 Å². The van der Waals surface area contributed by atoms with E-state index in [-0.39, 0.29) is 5.41 Å². The monoisotopic (exact) mass is 355 g/mol. The summed E-state index contributed by atoms with van der Waals surface area (Å²) in [5.41, 5.74) is 1.38. The normalized spacial score (nSPS) is 12.2. The molecule has 0 radical (unpaired) electrons. The predicted octanol–water partition coefficient (Wildman–Crippen LogP) is 5.22. The Kier molecular flexibility index (Phi) is 7.22. The lowest BCUT2D eigenvalue weighted by atomic mass is 9.94. The number of benzene rings is 1. The Morgan fingerprint density at radius 3 is 2.43 bits per heavy atom. The number of hydrogen-bond donors (Lipinski definition) is 1. The Bertz CT molecular complexity index is 441. The van der Waals surface area contributed by atoms with E-state index in [0.29, 0.717) is 11.8 Å². The molecule has 0 aliphatic carbocycles. The highest BCUT2D eigenvalue weighted by molar-refractivity contribution is 9.10. The Balaban J connectivity index is 2.61. The van der Waals surface area contributed by atoms with Gasteiger partial charge in [-0.15, -0.1) is 0 Å². The largest absolute Gasteiger partial charge is 0.493 e. The summed E-state index contributed by atoms with van der Waals surface area (Å²) in [7, 11) is 0. The minimum absolute atomic E-state index is 0.121. The fraction of sp³-hybridized carbons (Fsp3) is 0.667. The molecule has 0 fully saturated rings. The predicted molar refractivity (Wildman–Crippen MR) is 95.2 cm³/mol. The van der Waals surface area contributed by atoms with Crippen molar-refractivity contribution in [3.05, 3.63) is 28.2 Å². The zero-order valence-electron chi connectivity index (χ0n) is 14.3. The second-order valence-electron chi connectivity index (χ2n) is 7.31. The molecule has 0 aliphatic heterocycles. The lowest BCUT2D eigenvalue weighted by Gasteiger charge is -2.27. The van der Waals surface area contributed by atoms with Crippen LogP contribution in [0, 0.1) is 11.3 Å². The first-order valence-electron chi connectivity index (χ1n) is 7.84. The fourth-order valence-electron chi connectivity index (χ4n) is 2.13. The maximum absolute atomic E-state index is 6.11. The van der Waals surface area contributed by atoms with Gasteiger partial charge in [0.05, 0.1) is 6.61 Å². The molecule has 2 nitrogen and oxygen atoms in total. The molecule has 1 N–H and O–H groups in total. The maximum atomic E-state index is 6.11. The summed E-state index contributed by atoms with van der Waals surface area (Å²) in [4.78, 5) is 0. The Labute approximate surface area is 138 Å². The molecule has 0 saturated carbocycles. The Morgan fingerprint density at radius 2 is 1.86 bits per heavy atom. The van der Waals surface area contributed by atoms with E-state index < -0.39 is 0 Å². The first-order valence-corrected chi connectivity index (χ1v) is 8.63. The van der Waals surface area contributed by atoms with Crippen LogP contribution < -0.4 is 10.1 Å². The number of hydrogen-bond acceptors (Lipinski definition) is 2. The summed E-state index contributed by atoms with van der Waals surface area (Å²) in [5.74, 6) is 2.14. The number of ether oxygens (including phenoxy) is 1. The summed E-state index contributed by atoms with van der Waals surface area (Å²) in [6.45, 7) is 16.1. The average Bonchev–Trinajstić information content (AvgIpc) is 2.36. The first kappa shape index (κ1) is 18.5. The van der Waals surface area contributed by atoms with Gasteiger partial charge in [-0.3, -0.25) is 0 Å². The molecule has 0 atom stereocenters. The minimum Gasteiger partial charge on any atom is -0.493 e. The van der Waals surface area contributed by atoms with Crippen LogP contribution in [0.25, 0.3) is 0 Å². The number of rotatable bonds is 8. The van der Waals surface area contributed by atoms with Gasteiger partial charge in [-0.2, -0.15) is 0 Å². The summed E-state index contributed by atoms with van der Waals surface area (Å²) in [6, 6.07) is 6.27. The van der Waals surface area contributed by atoms with E-state index in [1.54, 1.807) is 0 Å². The Morgan fingerprint density at radius 1 is 1.19 bits per heavy atom. The van der Waals surface area contributed by atoms with Gasteiger partial charge in [0.25, 0.3) is 0 Å². The van der Waals surface area contributed by atoms with Gasteiger partial charge < -0.3 is 10.1 Å². The summed E-state index contributed by atoms with van der Waals surface area (Å²) >= 11 is 3.54. The third-order valence-electron chi connectivity index (χ3n) is 3.37. The van der Waals surface area contributed by atoms with Crippen LogP contribution in [0.1, 0.15) is 53.0 Å². The van der Waals surface area contributed by atoms with Crippen LogP contribution in [0.3, 0.4) is 0 Å². The molecule has 0 spiro atoms. The van der Waals surface area contributed by atoms with E-state index in [2.05, 4.69) is 74.9 Å². The van der Waals surface area contributed by atoms with Gasteiger partial charge in [0.2, 0.25) is 0 Å². The van der Waals surface area contributed by atoms with Crippen molar-refractivity contribution in [1.29, 1.82) is 0 Å². The smallest absolute Gasteiger partial charge is 0.122 e.